The standard InChI is InChI=1S/C28H29F2N3/c1-3-22(4-2)20-27(29,30)26-31-21-33(32-26)28(23-14-8-5-9-15-23,24-16-10-6-11-17-24)25-18-12-7-13-19-25/h5-19,21-22H,3-4,20H2,1-2H3. The van der Waals surface area contributed by atoms with Crippen molar-refractivity contribution in [3.05, 3.63) is 120 Å². The van der Waals surface area contributed by atoms with Crippen LogP contribution in [0.2, 0.25) is 0 Å². The zero-order valence-electron chi connectivity index (χ0n) is 19.0. The van der Waals surface area contributed by atoms with Gasteiger partial charge in [-0.05, 0) is 22.6 Å². The number of halogens is 2. The highest BCUT2D eigenvalue weighted by Gasteiger charge is 2.43. The van der Waals surface area contributed by atoms with Crippen LogP contribution in [-0.2, 0) is 11.5 Å². The molecule has 4 rings (SSSR count). The molecule has 0 aliphatic heterocycles. The zero-order chi connectivity index (χ0) is 23.3. The molecule has 0 atom stereocenters. The van der Waals surface area contributed by atoms with Gasteiger partial charge in [-0.3, -0.25) is 0 Å². The van der Waals surface area contributed by atoms with E-state index in [2.05, 4.69) is 10.1 Å². The van der Waals surface area contributed by atoms with Crippen LogP contribution in [0.5, 0.6) is 0 Å². The Kier molecular flexibility index (Phi) is 6.68. The Labute approximate surface area is 194 Å². The molecule has 0 amide bonds. The zero-order valence-corrected chi connectivity index (χ0v) is 19.0. The van der Waals surface area contributed by atoms with Crippen molar-refractivity contribution in [1.29, 1.82) is 0 Å². The average molecular weight is 446 g/mol. The van der Waals surface area contributed by atoms with Gasteiger partial charge in [-0.25, -0.2) is 9.67 Å². The molecule has 170 valence electrons. The van der Waals surface area contributed by atoms with Gasteiger partial charge >= 0.3 is 5.92 Å². The number of alkyl halides is 2. The monoisotopic (exact) mass is 445 g/mol. The molecule has 0 radical (unpaired) electrons. The van der Waals surface area contributed by atoms with Crippen LogP contribution in [0.25, 0.3) is 0 Å². The lowest BCUT2D eigenvalue weighted by Crippen LogP contribution is -2.38. The molecule has 0 saturated heterocycles. The fraction of sp³-hybridized carbons (Fsp3) is 0.286. The van der Waals surface area contributed by atoms with Crippen molar-refractivity contribution in [2.75, 3.05) is 0 Å². The molecule has 3 aromatic carbocycles. The number of benzene rings is 3. The van der Waals surface area contributed by atoms with Crippen molar-refractivity contribution >= 4 is 0 Å². The van der Waals surface area contributed by atoms with Crippen molar-refractivity contribution < 1.29 is 8.78 Å². The van der Waals surface area contributed by atoms with Crippen LogP contribution >= 0.6 is 0 Å². The molecule has 1 aromatic heterocycles. The van der Waals surface area contributed by atoms with Gasteiger partial charge in [0, 0.05) is 6.42 Å². The van der Waals surface area contributed by atoms with Crippen LogP contribution in [0.3, 0.4) is 0 Å². The summed E-state index contributed by atoms with van der Waals surface area (Å²) < 4.78 is 32.1. The molecule has 5 heteroatoms. The fourth-order valence-corrected chi connectivity index (χ4v) is 4.56. The molecule has 33 heavy (non-hydrogen) atoms. The number of rotatable bonds is 9. The fourth-order valence-electron chi connectivity index (χ4n) is 4.56. The first-order chi connectivity index (χ1) is 16.0. The van der Waals surface area contributed by atoms with Gasteiger partial charge in [-0.15, -0.1) is 5.10 Å². The molecule has 0 unspecified atom stereocenters. The minimum atomic E-state index is -3.10. The summed E-state index contributed by atoms with van der Waals surface area (Å²) in [5.41, 5.74) is 1.81. The lowest BCUT2D eigenvalue weighted by atomic mass is 9.77. The molecule has 0 saturated carbocycles. The van der Waals surface area contributed by atoms with Crippen molar-refractivity contribution in [3.63, 3.8) is 0 Å². The lowest BCUT2D eigenvalue weighted by molar-refractivity contribution is -0.0388. The Bertz CT molecular complexity index is 1040. The summed E-state index contributed by atoms with van der Waals surface area (Å²) in [7, 11) is 0. The topological polar surface area (TPSA) is 30.7 Å². The predicted octanol–water partition coefficient (Wildman–Crippen LogP) is 7.04. The van der Waals surface area contributed by atoms with Crippen LogP contribution in [0, 0.1) is 5.92 Å². The predicted molar refractivity (Wildman–Crippen MR) is 127 cm³/mol. The van der Waals surface area contributed by atoms with Crippen molar-refractivity contribution in [2.45, 2.75) is 44.6 Å². The number of nitrogens with zero attached hydrogens (tertiary/aromatic N) is 3. The van der Waals surface area contributed by atoms with Gasteiger partial charge in [0.05, 0.1) is 0 Å². The molecular formula is C28H29F2N3. The molecule has 0 fully saturated rings. The Morgan fingerprint density at radius 1 is 0.727 bits per heavy atom. The van der Waals surface area contributed by atoms with E-state index < -0.39 is 17.3 Å². The highest BCUT2D eigenvalue weighted by atomic mass is 19.3. The third-order valence-electron chi connectivity index (χ3n) is 6.44. The molecule has 0 spiro atoms. The molecular weight excluding hydrogens is 416 g/mol. The Morgan fingerprint density at radius 3 is 1.55 bits per heavy atom. The summed E-state index contributed by atoms with van der Waals surface area (Å²) in [5.74, 6) is -3.60. The number of aromatic nitrogens is 3. The molecule has 0 aliphatic rings. The van der Waals surface area contributed by atoms with E-state index in [1.807, 2.05) is 105 Å². The molecule has 3 nitrogen and oxygen atoms in total. The van der Waals surface area contributed by atoms with Gasteiger partial charge in [-0.2, -0.15) is 8.78 Å². The maximum absolute atomic E-state index is 15.3. The largest absolute Gasteiger partial charge is 0.308 e. The molecule has 0 aliphatic carbocycles. The van der Waals surface area contributed by atoms with Crippen LogP contribution in [-0.4, -0.2) is 14.8 Å². The van der Waals surface area contributed by atoms with Gasteiger partial charge < -0.3 is 0 Å². The van der Waals surface area contributed by atoms with E-state index in [0.717, 1.165) is 16.7 Å². The van der Waals surface area contributed by atoms with E-state index in [9.17, 15) is 0 Å². The summed E-state index contributed by atoms with van der Waals surface area (Å²) in [4.78, 5) is 4.15. The van der Waals surface area contributed by atoms with Crippen molar-refractivity contribution in [2.24, 2.45) is 5.92 Å². The van der Waals surface area contributed by atoms with E-state index in [1.165, 1.54) is 6.33 Å². The van der Waals surface area contributed by atoms with Crippen molar-refractivity contribution in [1.82, 2.24) is 14.8 Å². The maximum atomic E-state index is 15.3. The van der Waals surface area contributed by atoms with Gasteiger partial charge in [0.2, 0.25) is 5.82 Å². The van der Waals surface area contributed by atoms with E-state index >= 15 is 8.78 Å². The van der Waals surface area contributed by atoms with Gasteiger partial charge in [0.25, 0.3) is 0 Å². The maximum Gasteiger partial charge on any atom is 0.308 e. The second kappa shape index (κ2) is 9.65. The molecule has 4 aromatic rings. The number of hydrogen-bond donors (Lipinski definition) is 0. The van der Waals surface area contributed by atoms with Crippen LogP contribution in [0.1, 0.15) is 55.6 Å². The second-order valence-corrected chi connectivity index (χ2v) is 8.41. The minimum absolute atomic E-state index is 0.0749. The van der Waals surface area contributed by atoms with Gasteiger partial charge in [0.1, 0.15) is 11.9 Å². The summed E-state index contributed by atoms with van der Waals surface area (Å²) in [6, 6.07) is 29.6. The van der Waals surface area contributed by atoms with E-state index in [1.54, 1.807) is 4.68 Å². The highest BCUT2D eigenvalue weighted by Crippen LogP contribution is 2.41. The SMILES string of the molecule is CCC(CC)CC(F)(F)c1ncn(C(c2ccccc2)(c2ccccc2)c2ccccc2)n1. The van der Waals surface area contributed by atoms with Crippen LogP contribution in [0.4, 0.5) is 8.78 Å². The summed E-state index contributed by atoms with van der Waals surface area (Å²) in [6.07, 6.45) is 2.60. The van der Waals surface area contributed by atoms with Gasteiger partial charge in [-0.1, -0.05) is 118 Å². The quantitative estimate of drug-likeness (QED) is 0.259. The van der Waals surface area contributed by atoms with E-state index in [0.29, 0.717) is 12.8 Å². The molecule has 1 heterocycles. The van der Waals surface area contributed by atoms with Crippen LogP contribution < -0.4 is 0 Å². The second-order valence-electron chi connectivity index (χ2n) is 8.41. The van der Waals surface area contributed by atoms with E-state index in [4.69, 9.17) is 0 Å². The summed E-state index contributed by atoms with van der Waals surface area (Å²) >= 11 is 0. The molecule has 0 bridgehead atoms. The molecule has 0 N–H and O–H groups in total. The normalized spacial score (nSPS) is 12.3. The average Bonchev–Trinajstić information content (AvgIpc) is 3.37. The first kappa shape index (κ1) is 22.8. The Balaban J connectivity index is 1.94. The summed E-state index contributed by atoms with van der Waals surface area (Å²) in [5, 5.41) is 4.46. The summed E-state index contributed by atoms with van der Waals surface area (Å²) in [6.45, 7) is 3.89. The highest BCUT2D eigenvalue weighted by molar-refractivity contribution is 5.50. The van der Waals surface area contributed by atoms with Gasteiger partial charge in [0.15, 0.2) is 0 Å². The Morgan fingerprint density at radius 2 is 1.15 bits per heavy atom. The van der Waals surface area contributed by atoms with E-state index in [-0.39, 0.29) is 12.3 Å². The first-order valence-electron chi connectivity index (χ1n) is 11.5. The van der Waals surface area contributed by atoms with Crippen molar-refractivity contribution in [3.8, 4) is 0 Å². The number of hydrogen-bond acceptors (Lipinski definition) is 2. The lowest BCUT2D eigenvalue weighted by Gasteiger charge is -2.36. The third kappa shape index (κ3) is 4.32. The third-order valence-corrected chi connectivity index (χ3v) is 6.44. The van der Waals surface area contributed by atoms with Crippen LogP contribution in [0.15, 0.2) is 97.3 Å². The first-order valence-corrected chi connectivity index (χ1v) is 11.5. The Hall–Kier alpha value is -3.34. The smallest absolute Gasteiger partial charge is 0.233 e. The minimum Gasteiger partial charge on any atom is -0.233 e.